The Morgan fingerprint density at radius 1 is 1.12 bits per heavy atom. The third-order valence-electron chi connectivity index (χ3n) is 6.16. The standard InChI is InChI=1S/C24H31N3O5S/c1-31-23-10-9-21(33(29,30)27-12-14-32-15-13-27)16-22(23)25-24(28)20-8-5-11-26(18-20)17-19-6-3-2-4-7-19/h2-4,6-7,9-10,16,20H,5,8,11-15,17-18H2,1H3,(H,25,28). The highest BCUT2D eigenvalue weighted by molar-refractivity contribution is 7.89. The first-order valence-electron chi connectivity index (χ1n) is 11.3. The van der Waals surface area contributed by atoms with E-state index in [1.807, 2.05) is 18.2 Å². The van der Waals surface area contributed by atoms with Gasteiger partial charge < -0.3 is 14.8 Å². The second-order valence-corrected chi connectivity index (χ2v) is 10.4. The van der Waals surface area contributed by atoms with Crippen LogP contribution in [0.3, 0.4) is 0 Å². The summed E-state index contributed by atoms with van der Waals surface area (Å²) in [6.07, 6.45) is 1.73. The Labute approximate surface area is 195 Å². The fourth-order valence-electron chi connectivity index (χ4n) is 4.37. The number of ether oxygens (including phenoxy) is 2. The van der Waals surface area contributed by atoms with E-state index in [4.69, 9.17) is 9.47 Å². The largest absolute Gasteiger partial charge is 0.495 e. The summed E-state index contributed by atoms with van der Waals surface area (Å²) in [7, 11) is -2.17. The molecule has 0 radical (unpaired) electrons. The second kappa shape index (κ2) is 10.6. The smallest absolute Gasteiger partial charge is 0.243 e. The molecule has 0 aromatic heterocycles. The molecule has 1 unspecified atom stereocenters. The summed E-state index contributed by atoms with van der Waals surface area (Å²) in [4.78, 5) is 15.6. The topological polar surface area (TPSA) is 88.2 Å². The lowest BCUT2D eigenvalue weighted by molar-refractivity contribution is -0.121. The van der Waals surface area contributed by atoms with Crippen LogP contribution in [0, 0.1) is 5.92 Å². The number of anilines is 1. The van der Waals surface area contributed by atoms with Gasteiger partial charge in [0.1, 0.15) is 5.75 Å². The highest BCUT2D eigenvalue weighted by Crippen LogP contribution is 2.30. The zero-order chi connectivity index (χ0) is 23.3. The van der Waals surface area contributed by atoms with E-state index >= 15 is 0 Å². The number of morpholine rings is 1. The Morgan fingerprint density at radius 3 is 2.61 bits per heavy atom. The first-order chi connectivity index (χ1) is 16.0. The highest BCUT2D eigenvalue weighted by Gasteiger charge is 2.29. The van der Waals surface area contributed by atoms with Gasteiger partial charge in [0, 0.05) is 26.2 Å². The van der Waals surface area contributed by atoms with Crippen LogP contribution in [0.25, 0.3) is 0 Å². The number of methoxy groups -OCH3 is 1. The van der Waals surface area contributed by atoms with Crippen molar-refractivity contribution in [3.8, 4) is 5.75 Å². The van der Waals surface area contributed by atoms with Gasteiger partial charge in [-0.1, -0.05) is 30.3 Å². The Morgan fingerprint density at radius 2 is 1.88 bits per heavy atom. The molecule has 2 saturated heterocycles. The molecule has 0 aliphatic carbocycles. The number of carbonyl (C=O) groups excluding carboxylic acids is 1. The fraction of sp³-hybridized carbons (Fsp3) is 0.458. The average molecular weight is 474 g/mol. The second-order valence-electron chi connectivity index (χ2n) is 8.43. The van der Waals surface area contributed by atoms with Gasteiger partial charge in [-0.15, -0.1) is 0 Å². The van der Waals surface area contributed by atoms with Crippen molar-refractivity contribution in [2.75, 3.05) is 51.8 Å². The zero-order valence-corrected chi connectivity index (χ0v) is 19.7. The lowest BCUT2D eigenvalue weighted by Gasteiger charge is -2.32. The van der Waals surface area contributed by atoms with E-state index in [0.717, 1.165) is 25.9 Å². The van der Waals surface area contributed by atoms with Crippen LogP contribution >= 0.6 is 0 Å². The van der Waals surface area contributed by atoms with Crippen LogP contribution in [0.5, 0.6) is 5.75 Å². The van der Waals surface area contributed by atoms with Gasteiger partial charge in [-0.3, -0.25) is 9.69 Å². The summed E-state index contributed by atoms with van der Waals surface area (Å²) >= 11 is 0. The number of carbonyl (C=O) groups is 1. The predicted octanol–water partition coefficient (Wildman–Crippen LogP) is 2.57. The van der Waals surface area contributed by atoms with Gasteiger partial charge in [0.2, 0.25) is 15.9 Å². The van der Waals surface area contributed by atoms with Gasteiger partial charge in [-0.05, 0) is 43.1 Å². The van der Waals surface area contributed by atoms with Gasteiger partial charge in [-0.25, -0.2) is 8.42 Å². The van der Waals surface area contributed by atoms with E-state index in [1.165, 1.54) is 29.1 Å². The molecule has 8 nitrogen and oxygen atoms in total. The van der Waals surface area contributed by atoms with Crippen LogP contribution in [-0.4, -0.2) is 70.0 Å². The number of hydrogen-bond donors (Lipinski definition) is 1. The molecule has 2 fully saturated rings. The molecule has 0 saturated carbocycles. The Kier molecular flexibility index (Phi) is 7.64. The van der Waals surface area contributed by atoms with Crippen LogP contribution in [0.2, 0.25) is 0 Å². The minimum Gasteiger partial charge on any atom is -0.495 e. The molecule has 2 aromatic carbocycles. The van der Waals surface area contributed by atoms with E-state index in [0.29, 0.717) is 44.3 Å². The Balaban J connectivity index is 1.47. The number of benzene rings is 2. The van der Waals surface area contributed by atoms with Gasteiger partial charge in [-0.2, -0.15) is 4.31 Å². The van der Waals surface area contributed by atoms with E-state index in [-0.39, 0.29) is 16.7 Å². The number of likely N-dealkylation sites (tertiary alicyclic amines) is 1. The maximum Gasteiger partial charge on any atom is 0.243 e. The monoisotopic (exact) mass is 473 g/mol. The van der Waals surface area contributed by atoms with Crippen molar-refractivity contribution in [3.63, 3.8) is 0 Å². The van der Waals surface area contributed by atoms with Crippen molar-refractivity contribution in [1.29, 1.82) is 0 Å². The molecule has 1 N–H and O–H groups in total. The van der Waals surface area contributed by atoms with E-state index in [9.17, 15) is 13.2 Å². The number of hydrogen-bond acceptors (Lipinski definition) is 6. The molecule has 0 spiro atoms. The molecule has 4 rings (SSSR count). The molecule has 1 amide bonds. The lowest BCUT2D eigenvalue weighted by Crippen LogP contribution is -2.41. The molecular weight excluding hydrogens is 442 g/mol. The van der Waals surface area contributed by atoms with Crippen molar-refractivity contribution < 1.29 is 22.7 Å². The van der Waals surface area contributed by atoms with E-state index < -0.39 is 10.0 Å². The van der Waals surface area contributed by atoms with Gasteiger partial charge in [0.15, 0.2) is 0 Å². The first kappa shape index (κ1) is 23.7. The molecular formula is C24H31N3O5S. The van der Waals surface area contributed by atoms with E-state index in [2.05, 4.69) is 22.3 Å². The molecule has 178 valence electrons. The van der Waals surface area contributed by atoms with Gasteiger partial charge in [0.05, 0.1) is 36.8 Å². The Bertz CT molecular complexity index is 1060. The number of sulfonamides is 1. The lowest BCUT2D eigenvalue weighted by atomic mass is 9.96. The van der Waals surface area contributed by atoms with E-state index in [1.54, 1.807) is 6.07 Å². The molecule has 9 heteroatoms. The molecule has 2 heterocycles. The average Bonchev–Trinajstić information content (AvgIpc) is 2.85. The fourth-order valence-corrected chi connectivity index (χ4v) is 5.81. The molecule has 2 aliphatic heterocycles. The van der Waals surface area contributed by atoms with Gasteiger partial charge >= 0.3 is 0 Å². The van der Waals surface area contributed by atoms with Crippen LogP contribution in [-0.2, 0) is 26.1 Å². The number of amides is 1. The Hall–Kier alpha value is -2.46. The molecule has 2 aliphatic rings. The summed E-state index contributed by atoms with van der Waals surface area (Å²) in [5, 5.41) is 2.93. The summed E-state index contributed by atoms with van der Waals surface area (Å²) in [6.45, 7) is 3.80. The third-order valence-corrected chi connectivity index (χ3v) is 8.06. The van der Waals surface area contributed by atoms with Crippen LogP contribution in [0.4, 0.5) is 5.69 Å². The van der Waals surface area contributed by atoms with Crippen molar-refractivity contribution in [2.45, 2.75) is 24.3 Å². The number of piperidine rings is 1. The SMILES string of the molecule is COc1ccc(S(=O)(=O)N2CCOCC2)cc1NC(=O)C1CCCN(Cc2ccccc2)C1. The zero-order valence-electron chi connectivity index (χ0n) is 18.9. The summed E-state index contributed by atoms with van der Waals surface area (Å²) < 4.78 is 38.2. The minimum absolute atomic E-state index is 0.119. The van der Waals surface area contributed by atoms with Gasteiger partial charge in [0.25, 0.3) is 0 Å². The maximum absolute atomic E-state index is 13.1. The normalized spacial score (nSPS) is 20.3. The summed E-state index contributed by atoms with van der Waals surface area (Å²) in [6, 6.07) is 14.8. The minimum atomic E-state index is -3.68. The van der Waals surface area contributed by atoms with Crippen molar-refractivity contribution in [3.05, 3.63) is 54.1 Å². The van der Waals surface area contributed by atoms with Crippen LogP contribution < -0.4 is 10.1 Å². The maximum atomic E-state index is 13.1. The van der Waals surface area contributed by atoms with Crippen molar-refractivity contribution >= 4 is 21.6 Å². The molecule has 33 heavy (non-hydrogen) atoms. The summed E-state index contributed by atoms with van der Waals surface area (Å²) in [5.41, 5.74) is 1.60. The number of rotatable bonds is 7. The molecule has 2 aromatic rings. The first-order valence-corrected chi connectivity index (χ1v) is 12.7. The summed E-state index contributed by atoms with van der Waals surface area (Å²) in [5.74, 6) is 0.139. The van der Waals surface area contributed by atoms with Crippen molar-refractivity contribution in [2.24, 2.45) is 5.92 Å². The number of nitrogens with zero attached hydrogens (tertiary/aromatic N) is 2. The van der Waals surface area contributed by atoms with Crippen molar-refractivity contribution in [1.82, 2.24) is 9.21 Å². The molecule has 1 atom stereocenters. The van der Waals surface area contributed by atoms with Crippen LogP contribution in [0.15, 0.2) is 53.4 Å². The third kappa shape index (κ3) is 5.73. The number of nitrogens with one attached hydrogen (secondary N) is 1. The highest BCUT2D eigenvalue weighted by atomic mass is 32.2. The molecule has 0 bridgehead atoms. The van der Waals surface area contributed by atoms with Crippen LogP contribution in [0.1, 0.15) is 18.4 Å². The predicted molar refractivity (Wildman–Crippen MR) is 126 cm³/mol. The quantitative estimate of drug-likeness (QED) is 0.665.